The van der Waals surface area contributed by atoms with Crippen LogP contribution in [0.2, 0.25) is 0 Å². The molecule has 31 heavy (non-hydrogen) atoms. The van der Waals surface area contributed by atoms with Crippen LogP contribution < -0.4 is 15.0 Å². The highest BCUT2D eigenvalue weighted by Gasteiger charge is 2.44. The second kappa shape index (κ2) is 8.88. The summed E-state index contributed by atoms with van der Waals surface area (Å²) >= 11 is 1.36. The van der Waals surface area contributed by atoms with Gasteiger partial charge in [0.15, 0.2) is 15.0 Å². The van der Waals surface area contributed by atoms with Crippen LogP contribution in [0.1, 0.15) is 6.92 Å². The van der Waals surface area contributed by atoms with Gasteiger partial charge in [0.1, 0.15) is 18.1 Å². The van der Waals surface area contributed by atoms with Crippen LogP contribution >= 0.6 is 11.8 Å². The third-order valence-corrected chi connectivity index (χ3v) is 8.19. The Hall–Kier alpha value is -2.59. The number of hydrogen-bond donors (Lipinski definition) is 1. The fraction of sp³-hybridized carbons (Fsp3) is 0.333. The minimum Gasteiger partial charge on any atom is -0.494 e. The molecule has 1 N–H and O–H groups in total. The third kappa shape index (κ3) is 5.01. The average molecular weight is 464 g/mol. The van der Waals surface area contributed by atoms with Crippen LogP contribution in [0.15, 0.2) is 53.5 Å². The maximum atomic E-state index is 13.9. The quantitative estimate of drug-likeness (QED) is 0.709. The van der Waals surface area contributed by atoms with E-state index in [1.165, 1.54) is 23.9 Å². The molecule has 0 aromatic heterocycles. The number of anilines is 2. The summed E-state index contributed by atoms with van der Waals surface area (Å²) in [5, 5.41) is 3.02. The molecule has 0 spiro atoms. The monoisotopic (exact) mass is 463 g/mol. The Kier molecular flexibility index (Phi) is 6.19. The van der Waals surface area contributed by atoms with E-state index < -0.39 is 21.6 Å². The predicted molar refractivity (Wildman–Crippen MR) is 121 cm³/mol. The van der Waals surface area contributed by atoms with Gasteiger partial charge in [0, 0.05) is 10.9 Å². The maximum absolute atomic E-state index is 13.9. The summed E-state index contributed by atoms with van der Waals surface area (Å²) in [6.07, 6.45) is 0. The van der Waals surface area contributed by atoms with Crippen molar-refractivity contribution in [2.24, 2.45) is 4.99 Å². The zero-order valence-electron chi connectivity index (χ0n) is 16.8. The van der Waals surface area contributed by atoms with Crippen molar-refractivity contribution >= 4 is 44.0 Å². The van der Waals surface area contributed by atoms with Gasteiger partial charge in [-0.1, -0.05) is 23.9 Å². The number of carbonyl (C=O) groups excluding carboxylic acids is 1. The van der Waals surface area contributed by atoms with Crippen LogP contribution in [0.25, 0.3) is 0 Å². The molecule has 4 rings (SSSR count). The third-order valence-electron chi connectivity index (χ3n) is 4.95. The number of fused-ring (bicyclic) bond motifs is 1. The summed E-state index contributed by atoms with van der Waals surface area (Å²) < 4.78 is 43.2. The molecule has 2 aliphatic heterocycles. The molecular formula is C21H22FN3O4S2. The molecule has 7 nitrogen and oxygen atoms in total. The standard InChI is InChI=1S/C21H22FN3O4S2/c1-2-29-15-9-7-14(8-10-15)25(11-20(26)23-17-6-4-3-5-16(17)22)21-24-18-12-31(27,28)13-19(18)30-21/h3-10,18-19H,2,11-13H2,1H3,(H,23,26)/t18-,19+/m0/s1. The van der Waals surface area contributed by atoms with Crippen LogP contribution in [-0.2, 0) is 14.6 Å². The molecule has 0 saturated carbocycles. The van der Waals surface area contributed by atoms with Crippen molar-refractivity contribution in [3.63, 3.8) is 0 Å². The number of nitrogens with one attached hydrogen (secondary N) is 1. The number of sulfone groups is 1. The molecule has 0 bridgehead atoms. The van der Waals surface area contributed by atoms with Crippen LogP contribution in [0.5, 0.6) is 5.75 Å². The van der Waals surface area contributed by atoms with E-state index in [4.69, 9.17) is 4.74 Å². The van der Waals surface area contributed by atoms with E-state index >= 15 is 0 Å². The lowest BCUT2D eigenvalue weighted by Crippen LogP contribution is -2.36. The Bertz CT molecular complexity index is 1110. The zero-order valence-corrected chi connectivity index (χ0v) is 18.5. The molecular weight excluding hydrogens is 441 g/mol. The van der Waals surface area contributed by atoms with Gasteiger partial charge in [-0.2, -0.15) is 0 Å². The van der Waals surface area contributed by atoms with Crippen LogP contribution in [-0.4, -0.2) is 55.4 Å². The van der Waals surface area contributed by atoms with Crippen LogP contribution in [0.4, 0.5) is 15.8 Å². The molecule has 2 atom stereocenters. The summed E-state index contributed by atoms with van der Waals surface area (Å²) in [5.41, 5.74) is 0.810. The maximum Gasteiger partial charge on any atom is 0.244 e. The number of thioether (sulfide) groups is 1. The number of halogens is 1. The number of ether oxygens (including phenoxy) is 1. The molecule has 2 heterocycles. The van der Waals surface area contributed by atoms with E-state index in [2.05, 4.69) is 10.3 Å². The number of amides is 1. The molecule has 1 amide bonds. The SMILES string of the molecule is CCOc1ccc(N(CC(=O)Nc2ccccc2F)C2=N[C@H]3CS(=O)(=O)C[C@H]3S2)cc1. The van der Waals surface area contributed by atoms with E-state index in [0.29, 0.717) is 23.2 Å². The number of carbonyl (C=O) groups is 1. The average Bonchev–Trinajstić information content (AvgIpc) is 3.22. The first-order chi connectivity index (χ1) is 14.8. The zero-order chi connectivity index (χ0) is 22.0. The van der Waals surface area contributed by atoms with Gasteiger partial charge >= 0.3 is 0 Å². The van der Waals surface area contributed by atoms with Gasteiger partial charge in [-0.05, 0) is 43.3 Å². The highest BCUT2D eigenvalue weighted by atomic mass is 32.2. The molecule has 164 valence electrons. The van der Waals surface area contributed by atoms with Crippen molar-refractivity contribution < 1.29 is 22.3 Å². The van der Waals surface area contributed by atoms with Crippen molar-refractivity contribution in [1.29, 1.82) is 0 Å². The minimum absolute atomic E-state index is 0.0205. The molecule has 0 aliphatic carbocycles. The van der Waals surface area contributed by atoms with E-state index in [1.807, 2.05) is 19.1 Å². The van der Waals surface area contributed by atoms with Crippen molar-refractivity contribution in [2.75, 3.05) is 34.9 Å². The lowest BCUT2D eigenvalue weighted by Gasteiger charge is -2.24. The number of para-hydroxylation sites is 1. The van der Waals surface area contributed by atoms with Crippen molar-refractivity contribution in [3.05, 3.63) is 54.3 Å². The van der Waals surface area contributed by atoms with Crippen molar-refractivity contribution in [3.8, 4) is 5.75 Å². The van der Waals surface area contributed by atoms with E-state index in [-0.39, 0.29) is 35.0 Å². The first-order valence-electron chi connectivity index (χ1n) is 9.84. The normalized spacial score (nSPS) is 21.3. The summed E-state index contributed by atoms with van der Waals surface area (Å²) in [7, 11) is -3.08. The number of aliphatic imine (C=N–C) groups is 1. The molecule has 2 aromatic rings. The van der Waals surface area contributed by atoms with E-state index in [1.54, 1.807) is 29.2 Å². The number of rotatable bonds is 6. The molecule has 2 aromatic carbocycles. The Morgan fingerprint density at radius 2 is 1.97 bits per heavy atom. The highest BCUT2D eigenvalue weighted by Crippen LogP contribution is 2.37. The predicted octanol–water partition coefficient (Wildman–Crippen LogP) is 2.94. The highest BCUT2D eigenvalue weighted by molar-refractivity contribution is 8.15. The Balaban J connectivity index is 1.57. The second-order valence-electron chi connectivity index (χ2n) is 7.25. The molecule has 0 radical (unpaired) electrons. The van der Waals surface area contributed by atoms with Gasteiger partial charge in [0.05, 0.1) is 29.8 Å². The number of amidine groups is 1. The summed E-state index contributed by atoms with van der Waals surface area (Å²) in [6, 6.07) is 12.9. The molecule has 0 unspecified atom stereocenters. The number of hydrogen-bond acceptors (Lipinski definition) is 7. The molecule has 1 saturated heterocycles. The van der Waals surface area contributed by atoms with Crippen molar-refractivity contribution in [2.45, 2.75) is 18.2 Å². The van der Waals surface area contributed by atoms with Gasteiger partial charge in [0.25, 0.3) is 0 Å². The van der Waals surface area contributed by atoms with Crippen LogP contribution in [0.3, 0.4) is 0 Å². The Morgan fingerprint density at radius 3 is 2.65 bits per heavy atom. The second-order valence-corrected chi connectivity index (χ2v) is 10.6. The number of benzene rings is 2. The Morgan fingerprint density at radius 1 is 1.23 bits per heavy atom. The number of nitrogens with zero attached hydrogens (tertiary/aromatic N) is 2. The van der Waals surface area contributed by atoms with Crippen LogP contribution in [0, 0.1) is 5.82 Å². The van der Waals surface area contributed by atoms with Gasteiger partial charge in [-0.3, -0.25) is 9.79 Å². The van der Waals surface area contributed by atoms with E-state index in [9.17, 15) is 17.6 Å². The smallest absolute Gasteiger partial charge is 0.244 e. The molecule has 10 heteroatoms. The summed E-state index contributed by atoms with van der Waals surface area (Å²) in [5.74, 6) is -0.130. The molecule has 2 aliphatic rings. The summed E-state index contributed by atoms with van der Waals surface area (Å²) in [6.45, 7) is 2.33. The van der Waals surface area contributed by atoms with Gasteiger partial charge in [-0.25, -0.2) is 12.8 Å². The molecule has 1 fully saturated rings. The van der Waals surface area contributed by atoms with Gasteiger partial charge in [-0.15, -0.1) is 0 Å². The fourth-order valence-electron chi connectivity index (χ4n) is 3.53. The lowest BCUT2D eigenvalue weighted by atomic mass is 10.2. The van der Waals surface area contributed by atoms with Gasteiger partial charge in [0.2, 0.25) is 5.91 Å². The van der Waals surface area contributed by atoms with Crippen molar-refractivity contribution in [1.82, 2.24) is 0 Å². The Labute approximate surface area is 184 Å². The van der Waals surface area contributed by atoms with Gasteiger partial charge < -0.3 is 15.0 Å². The largest absolute Gasteiger partial charge is 0.494 e. The topological polar surface area (TPSA) is 88.1 Å². The lowest BCUT2D eigenvalue weighted by molar-refractivity contribution is -0.114. The van der Waals surface area contributed by atoms with E-state index in [0.717, 1.165) is 0 Å². The first kappa shape index (κ1) is 21.6. The first-order valence-corrected chi connectivity index (χ1v) is 12.5. The fourth-order valence-corrected chi connectivity index (χ4v) is 7.31. The minimum atomic E-state index is -3.08. The summed E-state index contributed by atoms with van der Waals surface area (Å²) in [4.78, 5) is 19.0.